The molecule has 0 saturated carbocycles. The molecule has 7 heteroatoms. The van der Waals surface area contributed by atoms with Gasteiger partial charge in [-0.25, -0.2) is 19.9 Å². The Morgan fingerprint density at radius 2 is 0.579 bits per heavy atom. The van der Waals surface area contributed by atoms with Gasteiger partial charge in [-0.05, 0) is 85.0 Å². The summed E-state index contributed by atoms with van der Waals surface area (Å²) < 4.78 is 4.41. The Balaban J connectivity index is 0.865. The predicted molar refractivity (Wildman–Crippen MR) is 314 cm³/mol. The van der Waals surface area contributed by atoms with E-state index >= 15 is 0 Å². The minimum Gasteiger partial charge on any atom is -0.278 e. The van der Waals surface area contributed by atoms with Crippen molar-refractivity contribution in [2.75, 3.05) is 0 Å². The van der Waals surface area contributed by atoms with Crippen molar-refractivity contribution in [1.29, 1.82) is 0 Å². The van der Waals surface area contributed by atoms with E-state index < -0.39 is 13.5 Å². The van der Waals surface area contributed by atoms with E-state index in [9.17, 15) is 0 Å². The Morgan fingerprint density at radius 3 is 0.961 bits per heavy atom. The summed E-state index contributed by atoms with van der Waals surface area (Å²) in [7, 11) is -2.80. The fraction of sp³-hybridized carbons (Fsp3) is 0.0145. The number of hydrogen-bond donors (Lipinski definition) is 0. The Hall–Kier alpha value is -9.82. The Labute approximate surface area is 441 Å². The number of para-hydroxylation sites is 2. The van der Waals surface area contributed by atoms with Crippen LogP contribution >= 0.6 is 0 Å². The highest BCUT2D eigenvalue weighted by Crippen LogP contribution is 2.45. The zero-order valence-corrected chi connectivity index (χ0v) is 42.4. The summed E-state index contributed by atoms with van der Waals surface area (Å²) in [4.78, 5) is 21.0. The van der Waals surface area contributed by atoms with Crippen molar-refractivity contribution in [3.8, 4) is 23.0 Å². The van der Waals surface area contributed by atoms with Gasteiger partial charge < -0.3 is 0 Å². The number of nitrogens with zero attached hydrogens (tertiary/aromatic N) is 6. The lowest BCUT2D eigenvalue weighted by molar-refractivity contribution is 0.730. The number of benzene rings is 10. The zero-order chi connectivity index (χ0) is 50.5. The molecule has 0 aliphatic carbocycles. The fourth-order valence-corrected chi connectivity index (χ4v) is 16.7. The molecule has 0 bridgehead atoms. The van der Waals surface area contributed by atoms with Crippen molar-refractivity contribution in [2.24, 2.45) is 0 Å². The fourth-order valence-electron chi connectivity index (χ4n) is 12.1. The Bertz CT molecular complexity index is 3880. The van der Waals surface area contributed by atoms with Crippen LogP contribution in [0.5, 0.6) is 0 Å². The Morgan fingerprint density at radius 1 is 0.263 bits per heavy atom. The number of fused-ring (bicyclic) bond motifs is 6. The second kappa shape index (κ2) is 18.6. The van der Waals surface area contributed by atoms with Crippen LogP contribution in [0.4, 0.5) is 0 Å². The summed E-state index contributed by atoms with van der Waals surface area (Å²) in [6.45, 7) is 0. The largest absolute Gasteiger partial charge is 0.278 e. The second-order valence-corrected chi connectivity index (χ2v) is 23.2. The lowest BCUT2D eigenvalue weighted by Crippen LogP contribution is -2.74. The number of hydrogen-bond acceptors (Lipinski definition) is 4. The van der Waals surface area contributed by atoms with Gasteiger partial charge in [0.25, 0.3) is 0 Å². The van der Waals surface area contributed by atoms with Crippen molar-refractivity contribution in [2.45, 2.75) is 5.41 Å². The molecule has 0 radical (unpaired) electrons. The molecule has 0 spiro atoms. The van der Waals surface area contributed by atoms with E-state index in [1.54, 1.807) is 0 Å². The van der Waals surface area contributed by atoms with Crippen LogP contribution < -0.4 is 20.7 Å². The molecule has 0 N–H and O–H groups in total. The first-order chi connectivity index (χ1) is 37.7. The lowest BCUT2D eigenvalue weighted by atomic mass is 9.66. The summed E-state index contributed by atoms with van der Waals surface area (Å²) in [5.41, 5.74) is 10.2. The van der Waals surface area contributed by atoms with Gasteiger partial charge in [-0.15, -0.1) is 0 Å². The molecule has 4 heterocycles. The molecule has 0 fully saturated rings. The summed E-state index contributed by atoms with van der Waals surface area (Å²) in [6, 6.07) is 95.5. The van der Waals surface area contributed by atoms with Gasteiger partial charge in [0.05, 0.1) is 27.5 Å². The van der Waals surface area contributed by atoms with Crippen LogP contribution in [0.25, 0.3) is 66.6 Å². The molecule has 6 nitrogen and oxygen atoms in total. The summed E-state index contributed by atoms with van der Waals surface area (Å²) in [6.07, 6.45) is 8.19. The molecule has 10 aromatic carbocycles. The van der Waals surface area contributed by atoms with Crippen molar-refractivity contribution in [1.82, 2.24) is 29.1 Å². The molecule has 0 unspecified atom stereocenters. The van der Waals surface area contributed by atoms with Crippen LogP contribution in [0.15, 0.2) is 292 Å². The third kappa shape index (κ3) is 7.08. The lowest BCUT2D eigenvalue weighted by Gasteiger charge is -2.36. The van der Waals surface area contributed by atoms with Gasteiger partial charge in [-0.2, -0.15) is 0 Å². The van der Waals surface area contributed by atoms with Crippen LogP contribution in [0.1, 0.15) is 22.3 Å². The van der Waals surface area contributed by atoms with Gasteiger partial charge in [0.15, 0.2) is 8.07 Å². The average Bonchev–Trinajstić information content (AvgIpc) is 4.02. The van der Waals surface area contributed by atoms with Gasteiger partial charge in [-0.1, -0.05) is 231 Å². The van der Waals surface area contributed by atoms with Crippen LogP contribution in [-0.2, 0) is 5.41 Å². The summed E-state index contributed by atoms with van der Waals surface area (Å²) >= 11 is 0. The maximum atomic E-state index is 5.27. The molecule has 14 rings (SSSR count). The van der Waals surface area contributed by atoms with Crippen LogP contribution in [0.2, 0.25) is 0 Å². The van der Waals surface area contributed by atoms with Gasteiger partial charge in [0, 0.05) is 51.9 Å². The monoisotopic (exact) mass is 988 g/mol. The molecule has 0 amide bonds. The third-order valence-corrected chi connectivity index (χ3v) is 20.2. The molecule has 0 aliphatic heterocycles. The molecular formula is C69H48N6Si. The summed E-state index contributed by atoms with van der Waals surface area (Å²) in [5.74, 6) is 1.25. The van der Waals surface area contributed by atoms with E-state index in [4.69, 9.17) is 19.9 Å². The smallest absolute Gasteiger partial charge is 0.234 e. The minimum atomic E-state index is -2.80. The SMILES string of the molecule is c1ccc(C(c2ccccc2)(c2ccccc2)c2cnc(-n3c4ccccc4c4cc(-c5ccc6c(c5)c5ccccc5n6-c5ncc([Si](c6ccccc6)(c6ccccc6)c6ccccc6)cn5)ccc43)nc2)cc1. The zero-order valence-electron chi connectivity index (χ0n) is 41.4. The Kier molecular flexibility index (Phi) is 11.0. The van der Waals surface area contributed by atoms with E-state index in [0.29, 0.717) is 11.9 Å². The van der Waals surface area contributed by atoms with E-state index in [0.717, 1.165) is 82.2 Å². The first-order valence-corrected chi connectivity index (χ1v) is 27.8. The molecule has 358 valence electrons. The van der Waals surface area contributed by atoms with E-state index in [-0.39, 0.29) is 0 Å². The van der Waals surface area contributed by atoms with Gasteiger partial charge >= 0.3 is 0 Å². The molecule has 4 aromatic heterocycles. The van der Waals surface area contributed by atoms with Crippen LogP contribution in [0.3, 0.4) is 0 Å². The van der Waals surface area contributed by atoms with E-state index in [1.165, 1.54) is 15.6 Å². The number of rotatable bonds is 11. The molecule has 0 atom stereocenters. The van der Waals surface area contributed by atoms with Crippen molar-refractivity contribution >= 4 is 72.4 Å². The second-order valence-electron chi connectivity index (χ2n) is 19.4. The van der Waals surface area contributed by atoms with E-state index in [1.807, 2.05) is 12.4 Å². The van der Waals surface area contributed by atoms with Crippen LogP contribution in [0, 0.1) is 0 Å². The van der Waals surface area contributed by atoms with Crippen molar-refractivity contribution in [3.05, 3.63) is 314 Å². The standard InChI is InChI=1S/C69H48N6Si/c1-7-23-51(24-8-1)69(52-25-9-2-10-26-52,53-27-11-3-12-28-53)54-45-70-67(71-46-54)74-63-37-21-19-35-59(63)61-43-49(39-41-65(61)74)50-40-42-66-62(44-50)60-36-20-22-38-64(60)75(66)68-72-47-58(48-73-68)76(55-29-13-4-14-30-55,56-31-15-5-16-32-56)57-33-17-6-18-34-57/h1-48H. The van der Waals surface area contributed by atoms with Crippen molar-refractivity contribution in [3.63, 3.8) is 0 Å². The molecule has 76 heavy (non-hydrogen) atoms. The number of aromatic nitrogens is 6. The molecular weight excluding hydrogens is 941 g/mol. The van der Waals surface area contributed by atoms with Gasteiger partial charge in [-0.3, -0.25) is 9.13 Å². The first kappa shape index (κ1) is 44.8. The molecule has 14 aromatic rings. The maximum Gasteiger partial charge on any atom is 0.234 e. The third-order valence-electron chi connectivity index (χ3n) is 15.5. The maximum absolute atomic E-state index is 5.27. The molecule has 0 aliphatic rings. The highest BCUT2D eigenvalue weighted by molar-refractivity contribution is 7.19. The topological polar surface area (TPSA) is 61.4 Å². The van der Waals surface area contributed by atoms with Gasteiger partial charge in [0.2, 0.25) is 11.9 Å². The highest BCUT2D eigenvalue weighted by atomic mass is 28.3. The van der Waals surface area contributed by atoms with E-state index in [2.05, 4.69) is 288 Å². The predicted octanol–water partition coefficient (Wildman–Crippen LogP) is 12.9. The highest BCUT2D eigenvalue weighted by Gasteiger charge is 2.42. The summed E-state index contributed by atoms with van der Waals surface area (Å²) in [5, 5.41) is 9.52. The quantitative estimate of drug-likeness (QED) is 0.0957. The van der Waals surface area contributed by atoms with Crippen LogP contribution in [-0.4, -0.2) is 37.1 Å². The van der Waals surface area contributed by atoms with Gasteiger partial charge in [0.1, 0.15) is 0 Å². The minimum absolute atomic E-state index is 0.614. The van der Waals surface area contributed by atoms with Crippen molar-refractivity contribution < 1.29 is 0 Å². The molecule has 0 saturated heterocycles. The first-order valence-electron chi connectivity index (χ1n) is 25.8. The average molecular weight is 989 g/mol. The normalized spacial score (nSPS) is 11.9.